The summed E-state index contributed by atoms with van der Waals surface area (Å²) < 4.78 is 0. The smallest absolute Gasteiger partial charge is 0.307 e. The van der Waals surface area contributed by atoms with Gasteiger partial charge in [0.1, 0.15) is 0 Å². The Balaban J connectivity index is 1.64. The van der Waals surface area contributed by atoms with Crippen LogP contribution in [-0.2, 0) is 16.0 Å². The number of carbonyl (C=O) groups is 2. The molecule has 2 aliphatic rings. The highest BCUT2D eigenvalue weighted by atomic mass is 32.1. The molecule has 0 aromatic carbocycles. The van der Waals surface area contributed by atoms with Crippen LogP contribution in [0.4, 0.5) is 0 Å². The molecule has 3 unspecified atom stereocenters. The Morgan fingerprint density at radius 1 is 1.38 bits per heavy atom. The first-order valence-corrected chi connectivity index (χ1v) is 8.23. The Kier molecular flexibility index (Phi) is 3.85. The summed E-state index contributed by atoms with van der Waals surface area (Å²) in [7, 11) is 0. The molecule has 0 saturated heterocycles. The van der Waals surface area contributed by atoms with Crippen molar-refractivity contribution < 1.29 is 14.7 Å². The third-order valence-electron chi connectivity index (χ3n) is 4.56. The van der Waals surface area contributed by atoms with Crippen LogP contribution in [0.3, 0.4) is 0 Å². The van der Waals surface area contributed by atoms with Crippen LogP contribution in [-0.4, -0.2) is 23.0 Å². The number of rotatable bonds is 5. The van der Waals surface area contributed by atoms with Crippen LogP contribution in [0.5, 0.6) is 0 Å². The van der Waals surface area contributed by atoms with Crippen molar-refractivity contribution in [3.8, 4) is 0 Å². The summed E-state index contributed by atoms with van der Waals surface area (Å²) in [5, 5.41) is 16.5. The van der Waals surface area contributed by atoms with Crippen LogP contribution in [0.1, 0.15) is 18.9 Å². The second-order valence-electron chi connectivity index (χ2n) is 6.08. The first-order valence-electron chi connectivity index (χ1n) is 7.29. The molecule has 5 atom stereocenters. The molecule has 21 heavy (non-hydrogen) atoms. The lowest BCUT2D eigenvalue weighted by molar-refractivity contribution is -0.148. The zero-order valence-corrected chi connectivity index (χ0v) is 12.7. The number of aliphatic carboxylic acids is 1. The summed E-state index contributed by atoms with van der Waals surface area (Å²) in [4.78, 5) is 23.9. The van der Waals surface area contributed by atoms with Gasteiger partial charge < -0.3 is 10.4 Å². The standard InChI is InChI=1S/C16H19NO3S/c1-9(6-10-4-5-21-8-10)17-15(18)13-11-2-3-12(7-11)14(13)16(19)20/h2-5,8-9,11-14H,6-7H2,1H3,(H,17,18)(H,19,20)/t9?,11?,12?,13-,14+/m0/s1. The molecular weight excluding hydrogens is 286 g/mol. The van der Waals surface area contributed by atoms with Crippen molar-refractivity contribution in [2.75, 3.05) is 0 Å². The molecule has 0 aliphatic heterocycles. The van der Waals surface area contributed by atoms with Crippen molar-refractivity contribution in [3.63, 3.8) is 0 Å². The minimum absolute atomic E-state index is 0.0182. The van der Waals surface area contributed by atoms with Crippen molar-refractivity contribution >= 4 is 23.2 Å². The monoisotopic (exact) mass is 305 g/mol. The number of carboxylic acids is 1. The molecule has 112 valence electrons. The molecule has 1 saturated carbocycles. The minimum atomic E-state index is -0.850. The number of carboxylic acid groups (broad SMARTS) is 1. The average Bonchev–Trinajstić information content (AvgIpc) is 3.13. The van der Waals surface area contributed by atoms with Gasteiger partial charge in [-0.2, -0.15) is 11.3 Å². The minimum Gasteiger partial charge on any atom is -0.481 e. The van der Waals surface area contributed by atoms with Gasteiger partial charge in [-0.05, 0) is 54.0 Å². The molecule has 1 fully saturated rings. The van der Waals surface area contributed by atoms with E-state index in [4.69, 9.17) is 0 Å². The predicted molar refractivity (Wildman–Crippen MR) is 81.0 cm³/mol. The maximum atomic E-state index is 12.5. The van der Waals surface area contributed by atoms with E-state index in [1.54, 1.807) is 11.3 Å². The van der Waals surface area contributed by atoms with Crippen LogP contribution >= 0.6 is 11.3 Å². The fraction of sp³-hybridized carbons (Fsp3) is 0.500. The first-order chi connectivity index (χ1) is 10.1. The van der Waals surface area contributed by atoms with Gasteiger partial charge in [0.25, 0.3) is 0 Å². The lowest BCUT2D eigenvalue weighted by Gasteiger charge is -2.25. The zero-order chi connectivity index (χ0) is 15.0. The van der Waals surface area contributed by atoms with Gasteiger partial charge in [-0.3, -0.25) is 9.59 Å². The molecule has 0 radical (unpaired) electrons. The number of allylic oxidation sites excluding steroid dienone is 2. The summed E-state index contributed by atoms with van der Waals surface area (Å²) in [6.07, 6.45) is 5.55. The second kappa shape index (κ2) is 5.64. The highest BCUT2D eigenvalue weighted by molar-refractivity contribution is 7.07. The van der Waals surface area contributed by atoms with E-state index >= 15 is 0 Å². The largest absolute Gasteiger partial charge is 0.481 e. The van der Waals surface area contributed by atoms with Crippen LogP contribution < -0.4 is 5.32 Å². The molecule has 4 nitrogen and oxygen atoms in total. The first kappa shape index (κ1) is 14.3. The number of thiophene rings is 1. The predicted octanol–water partition coefficient (Wildman–Crippen LogP) is 2.32. The summed E-state index contributed by atoms with van der Waals surface area (Å²) >= 11 is 1.64. The van der Waals surface area contributed by atoms with Gasteiger partial charge in [0.2, 0.25) is 5.91 Å². The normalized spacial score (nSPS) is 31.3. The molecular formula is C16H19NO3S. The second-order valence-corrected chi connectivity index (χ2v) is 6.86. The quantitative estimate of drug-likeness (QED) is 0.820. The van der Waals surface area contributed by atoms with Crippen LogP contribution in [0.15, 0.2) is 29.0 Å². The molecule has 2 bridgehead atoms. The molecule has 0 spiro atoms. The topological polar surface area (TPSA) is 66.4 Å². The third-order valence-corrected chi connectivity index (χ3v) is 5.29. The molecule has 5 heteroatoms. The maximum Gasteiger partial charge on any atom is 0.307 e. The van der Waals surface area contributed by atoms with E-state index in [9.17, 15) is 14.7 Å². The van der Waals surface area contributed by atoms with Crippen molar-refractivity contribution in [2.24, 2.45) is 23.7 Å². The van der Waals surface area contributed by atoms with E-state index in [0.717, 1.165) is 12.8 Å². The molecule has 2 N–H and O–H groups in total. The molecule has 1 amide bonds. The number of carbonyl (C=O) groups excluding carboxylic acids is 1. The number of amides is 1. The Labute approximate surface area is 127 Å². The maximum absolute atomic E-state index is 12.5. The van der Waals surface area contributed by atoms with E-state index in [1.165, 1.54) is 5.56 Å². The molecule has 1 aromatic heterocycles. The van der Waals surface area contributed by atoms with Crippen molar-refractivity contribution in [1.29, 1.82) is 0 Å². The highest BCUT2D eigenvalue weighted by Gasteiger charge is 2.51. The number of fused-ring (bicyclic) bond motifs is 2. The van der Waals surface area contributed by atoms with E-state index < -0.39 is 17.8 Å². The summed E-state index contributed by atoms with van der Waals surface area (Å²) in [6.45, 7) is 1.97. The van der Waals surface area contributed by atoms with Gasteiger partial charge in [-0.15, -0.1) is 0 Å². The Morgan fingerprint density at radius 2 is 2.10 bits per heavy atom. The van der Waals surface area contributed by atoms with Crippen molar-refractivity contribution in [3.05, 3.63) is 34.5 Å². The third kappa shape index (κ3) is 2.75. The molecule has 1 heterocycles. The van der Waals surface area contributed by atoms with E-state index in [0.29, 0.717) is 0 Å². The van der Waals surface area contributed by atoms with Gasteiger partial charge in [0.05, 0.1) is 11.8 Å². The van der Waals surface area contributed by atoms with Gasteiger partial charge in [-0.25, -0.2) is 0 Å². The van der Waals surface area contributed by atoms with Gasteiger partial charge in [0.15, 0.2) is 0 Å². The van der Waals surface area contributed by atoms with Crippen LogP contribution in [0.2, 0.25) is 0 Å². The Bertz CT molecular complexity index is 566. The van der Waals surface area contributed by atoms with Crippen molar-refractivity contribution in [1.82, 2.24) is 5.32 Å². The van der Waals surface area contributed by atoms with E-state index in [-0.39, 0.29) is 23.8 Å². The zero-order valence-electron chi connectivity index (χ0n) is 11.9. The van der Waals surface area contributed by atoms with E-state index in [1.807, 2.05) is 30.5 Å². The summed E-state index contributed by atoms with van der Waals surface area (Å²) in [6, 6.07) is 2.07. The number of hydrogen-bond donors (Lipinski definition) is 2. The van der Waals surface area contributed by atoms with Crippen LogP contribution in [0, 0.1) is 23.7 Å². The SMILES string of the molecule is CC(Cc1ccsc1)NC(=O)[C@H]1C2C=CC(C2)[C@H]1C(=O)O. The van der Waals surface area contributed by atoms with Crippen LogP contribution in [0.25, 0.3) is 0 Å². The van der Waals surface area contributed by atoms with Gasteiger partial charge >= 0.3 is 5.97 Å². The number of hydrogen-bond acceptors (Lipinski definition) is 3. The molecule has 3 rings (SSSR count). The summed E-state index contributed by atoms with van der Waals surface area (Å²) in [5.41, 5.74) is 1.20. The van der Waals surface area contributed by atoms with Gasteiger partial charge in [-0.1, -0.05) is 12.2 Å². The number of nitrogens with one attached hydrogen (secondary N) is 1. The lowest BCUT2D eigenvalue weighted by Crippen LogP contribution is -2.44. The average molecular weight is 305 g/mol. The molecule has 1 aromatic rings. The highest BCUT2D eigenvalue weighted by Crippen LogP contribution is 2.48. The van der Waals surface area contributed by atoms with E-state index in [2.05, 4.69) is 10.7 Å². The fourth-order valence-electron chi connectivity index (χ4n) is 3.67. The summed E-state index contributed by atoms with van der Waals surface area (Å²) in [5.74, 6) is -1.82. The van der Waals surface area contributed by atoms with Gasteiger partial charge in [0, 0.05) is 6.04 Å². The fourth-order valence-corrected chi connectivity index (χ4v) is 4.35. The van der Waals surface area contributed by atoms with Crippen molar-refractivity contribution in [2.45, 2.75) is 25.8 Å². The Morgan fingerprint density at radius 3 is 2.71 bits per heavy atom. The Hall–Kier alpha value is -1.62. The molecule has 2 aliphatic carbocycles. The lowest BCUT2D eigenvalue weighted by atomic mass is 9.82.